The molecule has 1 aliphatic rings. The molecule has 0 saturated carbocycles. The fourth-order valence-electron chi connectivity index (χ4n) is 5.55. The first-order valence-corrected chi connectivity index (χ1v) is 16.8. The van der Waals surface area contributed by atoms with Gasteiger partial charge in [-0.15, -0.1) is 5.11 Å². The predicted octanol–water partition coefficient (Wildman–Crippen LogP) is 9.36. The maximum Gasteiger partial charge on any atom is 0.259 e. The molecule has 0 bridgehead atoms. The van der Waals surface area contributed by atoms with Crippen molar-refractivity contribution in [2.75, 3.05) is 26.6 Å². The van der Waals surface area contributed by atoms with E-state index in [-0.39, 0.29) is 33.9 Å². The molecule has 0 unspecified atom stereocenters. The average molecular weight is 718 g/mol. The molecule has 0 spiro atoms. The Labute approximate surface area is 310 Å². The number of hydrogen-bond acceptors (Lipinski definition) is 8. The molecule has 6 rings (SSSR count). The summed E-state index contributed by atoms with van der Waals surface area (Å²) >= 11 is 0. The molecule has 0 fully saturated rings. The molecule has 1 aliphatic carbocycles. The first-order valence-electron chi connectivity index (χ1n) is 16.8. The molecule has 5 aromatic rings. The van der Waals surface area contributed by atoms with Crippen LogP contribution in [0.2, 0.25) is 0 Å². The largest absolute Gasteiger partial charge is 0.505 e. The van der Waals surface area contributed by atoms with Gasteiger partial charge in [-0.3, -0.25) is 19.2 Å². The molecule has 4 amide bonds. The molecule has 12 nitrogen and oxygen atoms in total. The van der Waals surface area contributed by atoms with E-state index in [9.17, 15) is 24.3 Å². The number of phenols is 1. The van der Waals surface area contributed by atoms with Crippen LogP contribution in [0.3, 0.4) is 0 Å². The van der Waals surface area contributed by atoms with Crippen molar-refractivity contribution in [3.8, 4) is 5.75 Å². The van der Waals surface area contributed by atoms with Crippen LogP contribution in [0.15, 0.2) is 157 Å². The summed E-state index contributed by atoms with van der Waals surface area (Å²) in [6, 6.07) is 26.9. The number of phenolic OH excluding ortho intramolecular Hbond substituents is 1. The Kier molecular flexibility index (Phi) is 11.1. The number of anilines is 5. The van der Waals surface area contributed by atoms with Crippen LogP contribution in [0.1, 0.15) is 33.6 Å². The zero-order valence-corrected chi connectivity index (χ0v) is 28.9. The first-order chi connectivity index (χ1) is 26.2. The third-order valence-corrected chi connectivity index (χ3v) is 8.14. The Morgan fingerprint density at radius 2 is 1.30 bits per heavy atom. The quantitative estimate of drug-likeness (QED) is 0.0554. The van der Waals surface area contributed by atoms with Gasteiger partial charge in [-0.1, -0.05) is 55.6 Å². The Hall–Kier alpha value is -7.60. The second kappa shape index (κ2) is 16.6. The lowest BCUT2D eigenvalue weighted by atomic mass is 10.0. The molecule has 0 radical (unpaired) electrons. The number of allylic oxidation sites excluding steroid dienone is 3. The van der Waals surface area contributed by atoms with E-state index in [0.29, 0.717) is 27.8 Å². The first kappa shape index (κ1) is 36.2. The number of aromatic hydroxyl groups is 1. The summed E-state index contributed by atoms with van der Waals surface area (Å²) in [5.41, 5.74) is 3.86. The Balaban J connectivity index is 1.20. The fraction of sp³-hybridized carbons (Fsp3) is 0.0476. The van der Waals surface area contributed by atoms with Gasteiger partial charge in [0.2, 0.25) is 11.8 Å². The number of hydrogen-bond donors (Lipinski definition) is 6. The van der Waals surface area contributed by atoms with Crippen molar-refractivity contribution in [1.29, 1.82) is 0 Å². The minimum atomic E-state index is -0.618. The minimum Gasteiger partial charge on any atom is -0.505 e. The monoisotopic (exact) mass is 717 g/mol. The van der Waals surface area contributed by atoms with Gasteiger partial charge in [-0.25, -0.2) is 0 Å². The lowest BCUT2D eigenvalue weighted by Gasteiger charge is -2.13. The van der Waals surface area contributed by atoms with E-state index in [4.69, 9.17) is 0 Å². The Morgan fingerprint density at radius 3 is 1.94 bits per heavy atom. The second-order valence-electron chi connectivity index (χ2n) is 12.0. The summed E-state index contributed by atoms with van der Waals surface area (Å²) in [4.78, 5) is 50.8. The van der Waals surface area contributed by atoms with Crippen LogP contribution < -0.4 is 26.6 Å². The highest BCUT2D eigenvalue weighted by Gasteiger charge is 2.19. The van der Waals surface area contributed by atoms with E-state index in [1.165, 1.54) is 24.3 Å². The van der Waals surface area contributed by atoms with Gasteiger partial charge < -0.3 is 31.7 Å². The van der Waals surface area contributed by atoms with Gasteiger partial charge in [0.1, 0.15) is 5.69 Å². The number of amides is 4. The van der Waals surface area contributed by atoms with E-state index >= 15 is 0 Å². The lowest BCUT2D eigenvalue weighted by Crippen LogP contribution is -2.16. The molecule has 5 aromatic carbocycles. The summed E-state index contributed by atoms with van der Waals surface area (Å²) < 4.78 is 0. The number of nitrogens with one attached hydrogen (secondary N) is 5. The maximum absolute atomic E-state index is 13.6. The highest BCUT2D eigenvalue weighted by atomic mass is 16.3. The van der Waals surface area contributed by atoms with E-state index < -0.39 is 23.6 Å². The standard InChI is InChI=1S/C42H35N7O5/c1-3-37(50)44-33-21-27(22-34(25-33)45-38(51)4-2)41(53)46-31-14-10-15-32(24-31)47-42(54)36-23-26-11-8-9-16-35(26)39(40(36)52)49-48-30-19-17-29(18-20-30)43-28-12-6-5-7-13-28/h3-4,6,8-25,43,52H,1-2,5,7H2,(H,44,50)(H,45,51)(H,46,53)(H,47,54). The highest BCUT2D eigenvalue weighted by molar-refractivity contribution is 6.12. The van der Waals surface area contributed by atoms with Gasteiger partial charge >= 0.3 is 0 Å². The van der Waals surface area contributed by atoms with Gasteiger partial charge in [0.05, 0.1) is 11.3 Å². The number of fused-ring (bicyclic) bond motifs is 1. The normalized spacial score (nSPS) is 12.0. The van der Waals surface area contributed by atoms with E-state index in [1.807, 2.05) is 30.3 Å². The van der Waals surface area contributed by atoms with Crippen LogP contribution in [0.4, 0.5) is 39.8 Å². The van der Waals surface area contributed by atoms with Crippen LogP contribution in [0, 0.1) is 0 Å². The smallest absolute Gasteiger partial charge is 0.259 e. The molecular formula is C42H35N7O5. The van der Waals surface area contributed by atoms with Crippen molar-refractivity contribution >= 4 is 74.2 Å². The van der Waals surface area contributed by atoms with Crippen molar-refractivity contribution in [1.82, 2.24) is 0 Å². The van der Waals surface area contributed by atoms with E-state index in [1.54, 1.807) is 48.5 Å². The summed E-state index contributed by atoms with van der Waals surface area (Å²) in [6.07, 6.45) is 10.5. The topological polar surface area (TPSA) is 173 Å². The zero-order valence-electron chi connectivity index (χ0n) is 28.9. The Morgan fingerprint density at radius 1 is 0.648 bits per heavy atom. The molecule has 0 atom stereocenters. The molecule has 12 heteroatoms. The van der Waals surface area contributed by atoms with Crippen LogP contribution in [0.25, 0.3) is 10.8 Å². The molecule has 0 aliphatic heterocycles. The molecule has 0 aromatic heterocycles. The van der Waals surface area contributed by atoms with Gasteiger partial charge in [0.15, 0.2) is 5.75 Å². The van der Waals surface area contributed by atoms with Gasteiger partial charge in [0, 0.05) is 45.1 Å². The SMILES string of the molecule is C=CC(=O)Nc1cc(NC(=O)C=C)cc(C(=O)Nc2cccc(NC(=O)c3cc4ccccc4c(N=Nc4ccc(NC5=CCCC=C5)cc4)c3O)c2)c1. The third-order valence-electron chi connectivity index (χ3n) is 8.14. The van der Waals surface area contributed by atoms with Crippen molar-refractivity contribution < 1.29 is 24.3 Å². The third kappa shape index (κ3) is 9.00. The number of benzene rings is 5. The molecule has 0 saturated heterocycles. The molecule has 0 heterocycles. The number of carbonyl (C=O) groups excluding carboxylic acids is 4. The van der Waals surface area contributed by atoms with Crippen LogP contribution in [-0.2, 0) is 9.59 Å². The van der Waals surface area contributed by atoms with Crippen LogP contribution in [-0.4, -0.2) is 28.7 Å². The number of carbonyl (C=O) groups is 4. The number of azo groups is 1. The summed E-state index contributed by atoms with van der Waals surface area (Å²) in [5.74, 6) is -2.54. The maximum atomic E-state index is 13.6. The molecule has 6 N–H and O–H groups in total. The van der Waals surface area contributed by atoms with Gasteiger partial charge in [0.25, 0.3) is 11.8 Å². The number of nitrogens with zero attached hydrogens (tertiary/aromatic N) is 2. The Bertz CT molecular complexity index is 2360. The minimum absolute atomic E-state index is 0.0297. The van der Waals surface area contributed by atoms with Crippen LogP contribution >= 0.6 is 0 Å². The highest BCUT2D eigenvalue weighted by Crippen LogP contribution is 2.40. The zero-order chi connectivity index (χ0) is 38.0. The molecular weight excluding hydrogens is 683 g/mol. The van der Waals surface area contributed by atoms with E-state index in [2.05, 4.69) is 62.1 Å². The lowest BCUT2D eigenvalue weighted by molar-refractivity contribution is -0.112. The molecule has 54 heavy (non-hydrogen) atoms. The number of rotatable bonds is 12. The van der Waals surface area contributed by atoms with Crippen molar-refractivity contribution in [3.63, 3.8) is 0 Å². The molecule has 268 valence electrons. The summed E-state index contributed by atoms with van der Waals surface area (Å²) in [7, 11) is 0. The summed E-state index contributed by atoms with van der Waals surface area (Å²) in [5, 5.41) is 35.4. The van der Waals surface area contributed by atoms with E-state index in [0.717, 1.165) is 36.4 Å². The second-order valence-corrected chi connectivity index (χ2v) is 12.0. The van der Waals surface area contributed by atoms with Crippen LogP contribution in [0.5, 0.6) is 5.75 Å². The predicted molar refractivity (Wildman–Crippen MR) is 213 cm³/mol. The average Bonchev–Trinajstić information content (AvgIpc) is 3.18. The van der Waals surface area contributed by atoms with Crippen molar-refractivity contribution in [2.45, 2.75) is 12.8 Å². The summed E-state index contributed by atoms with van der Waals surface area (Å²) in [6.45, 7) is 6.86. The van der Waals surface area contributed by atoms with Gasteiger partial charge in [-0.2, -0.15) is 5.11 Å². The van der Waals surface area contributed by atoms with Crippen molar-refractivity contribution in [2.24, 2.45) is 10.2 Å². The van der Waals surface area contributed by atoms with Gasteiger partial charge in [-0.05, 0) is 103 Å². The fourth-order valence-corrected chi connectivity index (χ4v) is 5.55. The van der Waals surface area contributed by atoms with Crippen molar-refractivity contribution in [3.05, 3.63) is 157 Å².